The fourth-order valence-corrected chi connectivity index (χ4v) is 4.06. The van der Waals surface area contributed by atoms with Gasteiger partial charge < -0.3 is 10.4 Å². The number of rotatable bonds is 3. The zero-order chi connectivity index (χ0) is 14.0. The van der Waals surface area contributed by atoms with E-state index in [1.54, 1.807) is 18.0 Å². The lowest BCUT2D eigenvalue weighted by Crippen LogP contribution is -2.42. The summed E-state index contributed by atoms with van der Waals surface area (Å²) in [6.45, 7) is 0. The van der Waals surface area contributed by atoms with E-state index in [9.17, 15) is 9.90 Å². The summed E-state index contributed by atoms with van der Waals surface area (Å²) in [6.07, 6.45) is 2.14. The molecule has 0 radical (unpaired) electrons. The summed E-state index contributed by atoms with van der Waals surface area (Å²) in [4.78, 5) is 16.4. The van der Waals surface area contributed by atoms with Gasteiger partial charge in [-0.25, -0.2) is 4.98 Å². The summed E-state index contributed by atoms with van der Waals surface area (Å²) >= 11 is 3.01. The van der Waals surface area contributed by atoms with Crippen molar-refractivity contribution < 1.29 is 9.90 Å². The average molecular weight is 306 g/mol. The molecule has 6 heteroatoms. The topological polar surface area (TPSA) is 62.2 Å². The highest BCUT2D eigenvalue weighted by molar-refractivity contribution is 7.99. The molecule has 1 atom stereocenters. The Labute approximate surface area is 125 Å². The van der Waals surface area contributed by atoms with Crippen LogP contribution < -0.4 is 5.32 Å². The minimum atomic E-state index is -1.23. The number of thiazole rings is 1. The van der Waals surface area contributed by atoms with Gasteiger partial charge in [0.1, 0.15) is 10.0 Å². The summed E-state index contributed by atoms with van der Waals surface area (Å²) in [5, 5.41) is 14.5. The molecule has 2 heterocycles. The molecule has 1 unspecified atom stereocenters. The molecule has 1 aliphatic heterocycles. The van der Waals surface area contributed by atoms with E-state index >= 15 is 0 Å². The van der Waals surface area contributed by atoms with Crippen LogP contribution >= 0.6 is 23.1 Å². The Morgan fingerprint density at radius 1 is 1.35 bits per heavy atom. The molecule has 2 N–H and O–H groups in total. The van der Waals surface area contributed by atoms with Crippen LogP contribution in [0.1, 0.15) is 6.42 Å². The molecule has 0 spiro atoms. The first-order valence-electron chi connectivity index (χ1n) is 6.30. The van der Waals surface area contributed by atoms with E-state index in [2.05, 4.69) is 10.3 Å². The molecule has 3 rings (SSSR count). The smallest absolute Gasteiger partial charge is 0.257 e. The SMILES string of the molecule is O=C(Nc1cnc(-c2ccccc2)s1)C1(O)CCSC1. The molecule has 1 aliphatic rings. The van der Waals surface area contributed by atoms with Gasteiger partial charge in [-0.2, -0.15) is 11.8 Å². The van der Waals surface area contributed by atoms with E-state index < -0.39 is 5.60 Å². The number of carbonyl (C=O) groups is 1. The Morgan fingerprint density at radius 2 is 2.15 bits per heavy atom. The normalized spacial score (nSPS) is 21.9. The number of aliphatic hydroxyl groups is 1. The lowest BCUT2D eigenvalue weighted by atomic mass is 10.0. The number of anilines is 1. The van der Waals surface area contributed by atoms with Crippen molar-refractivity contribution in [3.05, 3.63) is 36.5 Å². The Bertz CT molecular complexity index is 607. The molecule has 0 aliphatic carbocycles. The number of amides is 1. The molecule has 1 saturated heterocycles. The van der Waals surface area contributed by atoms with Crippen molar-refractivity contribution in [2.45, 2.75) is 12.0 Å². The van der Waals surface area contributed by atoms with Crippen LogP contribution in [0.15, 0.2) is 36.5 Å². The van der Waals surface area contributed by atoms with Gasteiger partial charge >= 0.3 is 0 Å². The molecular weight excluding hydrogens is 292 g/mol. The van der Waals surface area contributed by atoms with Gasteiger partial charge in [0.25, 0.3) is 5.91 Å². The van der Waals surface area contributed by atoms with E-state index in [1.165, 1.54) is 11.3 Å². The maximum absolute atomic E-state index is 12.1. The molecular formula is C14H14N2O2S2. The Kier molecular flexibility index (Phi) is 3.78. The highest BCUT2D eigenvalue weighted by atomic mass is 32.2. The molecule has 2 aromatic rings. The molecule has 104 valence electrons. The highest BCUT2D eigenvalue weighted by Gasteiger charge is 2.39. The Morgan fingerprint density at radius 3 is 2.85 bits per heavy atom. The van der Waals surface area contributed by atoms with Crippen molar-refractivity contribution in [3.8, 4) is 10.6 Å². The number of nitrogens with one attached hydrogen (secondary N) is 1. The first-order chi connectivity index (χ1) is 9.67. The van der Waals surface area contributed by atoms with Crippen LogP contribution in [0, 0.1) is 0 Å². The maximum Gasteiger partial charge on any atom is 0.257 e. The molecule has 0 saturated carbocycles. The second-order valence-corrected chi connectivity index (χ2v) is 6.82. The summed E-state index contributed by atoms with van der Waals surface area (Å²) in [5.74, 6) is 0.955. The Hall–Kier alpha value is -1.37. The lowest BCUT2D eigenvalue weighted by Gasteiger charge is -2.19. The standard InChI is InChI=1S/C14H14N2O2S2/c17-13(14(18)6-7-19-9-14)16-11-8-15-12(20-11)10-4-2-1-3-5-10/h1-5,8,18H,6-7,9H2,(H,16,17). The van der Waals surface area contributed by atoms with Gasteiger partial charge in [-0.05, 0) is 12.2 Å². The van der Waals surface area contributed by atoms with Crippen LogP contribution in [-0.2, 0) is 4.79 Å². The summed E-state index contributed by atoms with van der Waals surface area (Å²) in [7, 11) is 0. The van der Waals surface area contributed by atoms with Gasteiger partial charge in [0.15, 0.2) is 5.60 Å². The van der Waals surface area contributed by atoms with Crippen molar-refractivity contribution in [3.63, 3.8) is 0 Å². The van der Waals surface area contributed by atoms with Gasteiger partial charge in [-0.3, -0.25) is 4.79 Å². The number of carbonyl (C=O) groups excluding carboxylic acids is 1. The molecule has 1 fully saturated rings. The predicted molar refractivity (Wildman–Crippen MR) is 83.1 cm³/mol. The van der Waals surface area contributed by atoms with Crippen molar-refractivity contribution >= 4 is 34.0 Å². The second-order valence-electron chi connectivity index (χ2n) is 4.68. The number of hydrogen-bond donors (Lipinski definition) is 2. The number of hydrogen-bond acceptors (Lipinski definition) is 5. The predicted octanol–water partition coefficient (Wildman–Crippen LogP) is 2.62. The van der Waals surface area contributed by atoms with Crippen LogP contribution in [-0.4, -0.2) is 33.1 Å². The largest absolute Gasteiger partial charge is 0.379 e. The molecule has 4 nitrogen and oxygen atoms in total. The van der Waals surface area contributed by atoms with E-state index in [4.69, 9.17) is 0 Å². The van der Waals surface area contributed by atoms with Gasteiger partial charge in [0.05, 0.1) is 6.20 Å². The minimum Gasteiger partial charge on any atom is -0.379 e. The molecule has 1 aromatic carbocycles. The monoisotopic (exact) mass is 306 g/mol. The van der Waals surface area contributed by atoms with Gasteiger partial charge in [0.2, 0.25) is 0 Å². The third-order valence-corrected chi connectivity index (χ3v) is 5.32. The summed E-state index contributed by atoms with van der Waals surface area (Å²) in [5.41, 5.74) is -0.213. The highest BCUT2D eigenvalue weighted by Crippen LogP contribution is 2.32. The van der Waals surface area contributed by atoms with E-state index in [0.717, 1.165) is 16.3 Å². The van der Waals surface area contributed by atoms with Crippen LogP contribution in [0.25, 0.3) is 10.6 Å². The average Bonchev–Trinajstić information content (AvgIpc) is 3.10. The fourth-order valence-electron chi connectivity index (χ4n) is 2.01. The van der Waals surface area contributed by atoms with Crippen molar-refractivity contribution in [2.24, 2.45) is 0 Å². The lowest BCUT2D eigenvalue weighted by molar-refractivity contribution is -0.131. The minimum absolute atomic E-state index is 0.328. The van der Waals surface area contributed by atoms with Crippen molar-refractivity contribution in [2.75, 3.05) is 16.8 Å². The number of benzene rings is 1. The van der Waals surface area contributed by atoms with Gasteiger partial charge in [-0.15, -0.1) is 0 Å². The van der Waals surface area contributed by atoms with Crippen molar-refractivity contribution in [1.29, 1.82) is 0 Å². The third kappa shape index (κ3) is 2.72. The van der Waals surface area contributed by atoms with Crippen LogP contribution in [0.5, 0.6) is 0 Å². The zero-order valence-electron chi connectivity index (χ0n) is 10.7. The van der Waals surface area contributed by atoms with E-state index in [1.807, 2.05) is 30.3 Å². The second kappa shape index (κ2) is 5.55. The van der Waals surface area contributed by atoms with Gasteiger partial charge in [-0.1, -0.05) is 41.7 Å². The van der Waals surface area contributed by atoms with E-state index in [-0.39, 0.29) is 5.91 Å². The van der Waals surface area contributed by atoms with Crippen LogP contribution in [0.4, 0.5) is 5.00 Å². The number of thioether (sulfide) groups is 1. The van der Waals surface area contributed by atoms with Crippen LogP contribution in [0.3, 0.4) is 0 Å². The molecule has 1 amide bonds. The first-order valence-corrected chi connectivity index (χ1v) is 8.27. The molecule has 20 heavy (non-hydrogen) atoms. The third-order valence-electron chi connectivity index (χ3n) is 3.19. The van der Waals surface area contributed by atoms with Gasteiger partial charge in [0, 0.05) is 11.3 Å². The maximum atomic E-state index is 12.1. The number of nitrogens with zero attached hydrogens (tertiary/aromatic N) is 1. The summed E-state index contributed by atoms with van der Waals surface area (Å²) < 4.78 is 0. The Balaban J connectivity index is 1.73. The fraction of sp³-hybridized carbons (Fsp3) is 0.286. The summed E-state index contributed by atoms with van der Waals surface area (Å²) in [6, 6.07) is 9.81. The quantitative estimate of drug-likeness (QED) is 0.915. The van der Waals surface area contributed by atoms with Crippen molar-refractivity contribution in [1.82, 2.24) is 4.98 Å². The zero-order valence-corrected chi connectivity index (χ0v) is 12.3. The first kappa shape index (κ1) is 13.6. The molecule has 1 aromatic heterocycles. The number of aromatic nitrogens is 1. The molecule has 0 bridgehead atoms. The van der Waals surface area contributed by atoms with Crippen LogP contribution in [0.2, 0.25) is 0 Å². The van der Waals surface area contributed by atoms with E-state index in [0.29, 0.717) is 17.2 Å².